The molecule has 212 valence electrons. The molecular formula is C33H35N3O4S. The lowest BCUT2D eigenvalue weighted by Gasteiger charge is -2.21. The SMILES string of the molecule is CCCCCCCN1C(=O)C(=c2sc3n(c2=O)C(C=Cc2ccccc2)C(C(=O)OCC)=C(C)N=3)c2ccccc21. The van der Waals surface area contributed by atoms with Crippen LogP contribution in [0.3, 0.4) is 0 Å². The first kappa shape index (κ1) is 28.5. The molecule has 2 aliphatic rings. The highest BCUT2D eigenvalue weighted by atomic mass is 32.1. The van der Waals surface area contributed by atoms with Gasteiger partial charge in [-0.2, -0.15) is 0 Å². The summed E-state index contributed by atoms with van der Waals surface area (Å²) >= 11 is 1.20. The van der Waals surface area contributed by atoms with Crippen molar-refractivity contribution < 1.29 is 14.3 Å². The number of nitrogens with zero attached hydrogens (tertiary/aromatic N) is 3. The Morgan fingerprint density at radius 2 is 1.73 bits per heavy atom. The van der Waals surface area contributed by atoms with Gasteiger partial charge in [0.2, 0.25) is 0 Å². The number of hydrogen-bond acceptors (Lipinski definition) is 6. The molecule has 7 nitrogen and oxygen atoms in total. The van der Waals surface area contributed by atoms with Gasteiger partial charge in [-0.05, 0) is 31.9 Å². The number of carbonyl (C=O) groups excluding carboxylic acids is 2. The Bertz CT molecular complexity index is 1700. The number of thiazole rings is 1. The van der Waals surface area contributed by atoms with Crippen LogP contribution in [0.4, 0.5) is 5.69 Å². The Labute approximate surface area is 243 Å². The summed E-state index contributed by atoms with van der Waals surface area (Å²) in [6, 6.07) is 16.6. The molecule has 5 rings (SSSR count). The summed E-state index contributed by atoms with van der Waals surface area (Å²) in [5.41, 5.74) is 3.40. The predicted octanol–water partition coefficient (Wildman–Crippen LogP) is 5.15. The molecule has 0 radical (unpaired) electrons. The highest BCUT2D eigenvalue weighted by Gasteiger charge is 2.36. The lowest BCUT2D eigenvalue weighted by atomic mass is 10.0. The number of fused-ring (bicyclic) bond motifs is 2. The Morgan fingerprint density at radius 3 is 2.49 bits per heavy atom. The van der Waals surface area contributed by atoms with E-state index in [1.807, 2.05) is 66.7 Å². The molecule has 1 aromatic heterocycles. The van der Waals surface area contributed by atoms with Crippen LogP contribution in [0.15, 0.2) is 81.7 Å². The Balaban J connectivity index is 1.63. The zero-order valence-electron chi connectivity index (χ0n) is 23.8. The molecule has 0 saturated heterocycles. The maximum atomic E-state index is 14.2. The van der Waals surface area contributed by atoms with E-state index in [1.54, 1.807) is 18.7 Å². The summed E-state index contributed by atoms with van der Waals surface area (Å²) in [6.45, 7) is 6.50. The van der Waals surface area contributed by atoms with E-state index >= 15 is 0 Å². The minimum Gasteiger partial charge on any atom is -0.463 e. The molecule has 3 heterocycles. The second-order valence-corrected chi connectivity index (χ2v) is 11.2. The molecule has 3 aromatic rings. The van der Waals surface area contributed by atoms with Crippen molar-refractivity contribution in [1.29, 1.82) is 0 Å². The molecule has 1 atom stereocenters. The number of aromatic nitrogens is 1. The van der Waals surface area contributed by atoms with E-state index in [2.05, 4.69) is 11.9 Å². The largest absolute Gasteiger partial charge is 0.463 e. The van der Waals surface area contributed by atoms with E-state index < -0.39 is 12.0 Å². The zero-order valence-corrected chi connectivity index (χ0v) is 24.6. The molecule has 8 heteroatoms. The number of allylic oxidation sites excluding steroid dienone is 2. The van der Waals surface area contributed by atoms with Gasteiger partial charge in [-0.1, -0.05) is 105 Å². The van der Waals surface area contributed by atoms with E-state index in [1.165, 1.54) is 22.3 Å². The van der Waals surface area contributed by atoms with Crippen LogP contribution in [0, 0.1) is 0 Å². The number of rotatable bonds is 10. The van der Waals surface area contributed by atoms with Crippen molar-refractivity contribution in [3.05, 3.63) is 103 Å². The molecule has 2 aliphatic heterocycles. The number of esters is 1. The fourth-order valence-corrected chi connectivity index (χ4v) is 6.57. The molecule has 0 spiro atoms. The molecule has 2 aromatic carbocycles. The Kier molecular flexibility index (Phi) is 8.78. The van der Waals surface area contributed by atoms with Crippen LogP contribution < -0.4 is 19.8 Å². The zero-order chi connectivity index (χ0) is 28.9. The van der Waals surface area contributed by atoms with Gasteiger partial charge in [-0.15, -0.1) is 0 Å². The van der Waals surface area contributed by atoms with E-state index in [4.69, 9.17) is 4.74 Å². The molecule has 0 N–H and O–H groups in total. The molecule has 1 unspecified atom stereocenters. The van der Waals surface area contributed by atoms with E-state index in [0.29, 0.717) is 32.7 Å². The summed E-state index contributed by atoms with van der Waals surface area (Å²) in [7, 11) is 0. The van der Waals surface area contributed by atoms with Crippen molar-refractivity contribution in [2.45, 2.75) is 58.9 Å². The molecular weight excluding hydrogens is 534 g/mol. The van der Waals surface area contributed by atoms with Gasteiger partial charge >= 0.3 is 5.97 Å². The summed E-state index contributed by atoms with van der Waals surface area (Å²) in [6.07, 6.45) is 9.17. The third-order valence-electron chi connectivity index (χ3n) is 7.44. The standard InChI is InChI=1S/C33H35N3O4S/c1-4-6-7-8-14-21-35-25-18-13-12-17-24(25)28(30(35)37)29-31(38)36-26(20-19-23-15-10-9-11-16-23)27(32(39)40-5-2)22(3)34-33(36)41-29/h9-13,15-20,26H,4-8,14,21H2,1-3H3. The molecule has 0 aliphatic carbocycles. The van der Waals surface area contributed by atoms with E-state index in [0.717, 1.165) is 42.5 Å². The normalized spacial score (nSPS) is 17.6. The first-order valence-electron chi connectivity index (χ1n) is 14.3. The van der Waals surface area contributed by atoms with Crippen LogP contribution in [0.25, 0.3) is 11.6 Å². The molecule has 0 bridgehead atoms. The number of unbranched alkanes of at least 4 members (excludes halogenated alkanes) is 4. The Hall–Kier alpha value is -4.04. The van der Waals surface area contributed by atoms with Crippen LogP contribution >= 0.6 is 11.3 Å². The fourth-order valence-electron chi connectivity index (χ4n) is 5.43. The average Bonchev–Trinajstić information content (AvgIpc) is 3.44. The maximum absolute atomic E-state index is 14.2. The van der Waals surface area contributed by atoms with Crippen molar-refractivity contribution in [3.63, 3.8) is 0 Å². The lowest BCUT2D eigenvalue weighted by Crippen LogP contribution is -2.40. The highest BCUT2D eigenvalue weighted by Crippen LogP contribution is 2.35. The monoisotopic (exact) mass is 569 g/mol. The van der Waals surface area contributed by atoms with Crippen LogP contribution in [0.1, 0.15) is 70.0 Å². The van der Waals surface area contributed by atoms with Crippen molar-refractivity contribution in [3.8, 4) is 0 Å². The van der Waals surface area contributed by atoms with Crippen molar-refractivity contribution >= 4 is 40.5 Å². The second kappa shape index (κ2) is 12.6. The lowest BCUT2D eigenvalue weighted by molar-refractivity contribution is -0.139. The van der Waals surface area contributed by atoms with E-state index in [9.17, 15) is 14.4 Å². The summed E-state index contributed by atoms with van der Waals surface area (Å²) in [5.74, 6) is -0.671. The van der Waals surface area contributed by atoms with Gasteiger partial charge in [0.1, 0.15) is 4.53 Å². The predicted molar refractivity (Wildman–Crippen MR) is 163 cm³/mol. The maximum Gasteiger partial charge on any atom is 0.338 e. The number of benzene rings is 2. The van der Waals surface area contributed by atoms with E-state index in [-0.39, 0.29) is 18.1 Å². The highest BCUT2D eigenvalue weighted by molar-refractivity contribution is 7.07. The number of amides is 1. The number of para-hydroxylation sites is 1. The first-order valence-corrected chi connectivity index (χ1v) is 15.1. The number of carbonyl (C=O) groups is 2. The Morgan fingerprint density at radius 1 is 1.00 bits per heavy atom. The fraction of sp³-hybridized carbons (Fsp3) is 0.333. The van der Waals surface area contributed by atoms with Crippen LogP contribution in [0.5, 0.6) is 0 Å². The summed E-state index contributed by atoms with van der Waals surface area (Å²) in [5, 5.41) is 0. The van der Waals surface area contributed by atoms with Crippen LogP contribution in [0.2, 0.25) is 0 Å². The van der Waals surface area contributed by atoms with Crippen molar-refractivity contribution in [2.75, 3.05) is 18.1 Å². The molecule has 0 fully saturated rings. The van der Waals surface area contributed by atoms with Gasteiger partial charge in [-0.25, -0.2) is 9.79 Å². The third-order valence-corrected chi connectivity index (χ3v) is 8.49. The quantitative estimate of drug-likeness (QED) is 0.250. The first-order chi connectivity index (χ1) is 20.0. The second-order valence-electron chi connectivity index (χ2n) is 10.2. The molecule has 41 heavy (non-hydrogen) atoms. The summed E-state index contributed by atoms with van der Waals surface area (Å²) < 4.78 is 7.23. The number of anilines is 1. The van der Waals surface area contributed by atoms with Gasteiger partial charge < -0.3 is 9.64 Å². The van der Waals surface area contributed by atoms with Gasteiger partial charge in [-0.3, -0.25) is 14.2 Å². The smallest absolute Gasteiger partial charge is 0.338 e. The minimum absolute atomic E-state index is 0.162. The van der Waals surface area contributed by atoms with Crippen molar-refractivity contribution in [2.24, 2.45) is 4.99 Å². The number of hydrogen-bond donors (Lipinski definition) is 0. The topological polar surface area (TPSA) is 81.0 Å². The average molecular weight is 570 g/mol. The van der Waals surface area contributed by atoms with Gasteiger partial charge in [0.15, 0.2) is 4.80 Å². The summed E-state index contributed by atoms with van der Waals surface area (Å²) in [4.78, 5) is 48.0. The molecule has 0 saturated carbocycles. The van der Waals surface area contributed by atoms with Gasteiger partial charge in [0.25, 0.3) is 11.5 Å². The van der Waals surface area contributed by atoms with Gasteiger partial charge in [0.05, 0.1) is 35.2 Å². The van der Waals surface area contributed by atoms with Gasteiger partial charge in [0, 0.05) is 12.1 Å². The van der Waals surface area contributed by atoms with Crippen molar-refractivity contribution in [1.82, 2.24) is 4.57 Å². The minimum atomic E-state index is -0.721. The molecule has 1 amide bonds. The van der Waals surface area contributed by atoms with Crippen LogP contribution in [-0.2, 0) is 14.3 Å². The third kappa shape index (κ3) is 5.61. The van der Waals surface area contributed by atoms with Crippen LogP contribution in [-0.4, -0.2) is 29.6 Å². The number of ether oxygens (including phenoxy) is 1.